The highest BCUT2D eigenvalue weighted by Crippen LogP contribution is 2.21. The number of rotatable bonds is 3. The summed E-state index contributed by atoms with van der Waals surface area (Å²) < 4.78 is 0. The summed E-state index contributed by atoms with van der Waals surface area (Å²) >= 11 is 0. The van der Waals surface area contributed by atoms with E-state index in [0.29, 0.717) is 12.1 Å². The minimum absolute atomic E-state index is 0.0340. The first-order chi connectivity index (χ1) is 12.1. The van der Waals surface area contributed by atoms with E-state index in [9.17, 15) is 4.79 Å². The van der Waals surface area contributed by atoms with Gasteiger partial charge in [0.05, 0.1) is 0 Å². The summed E-state index contributed by atoms with van der Waals surface area (Å²) in [5.74, 6) is 0. The van der Waals surface area contributed by atoms with Crippen LogP contribution in [-0.2, 0) is 0 Å². The van der Waals surface area contributed by atoms with E-state index in [2.05, 4.69) is 41.6 Å². The molecule has 2 N–H and O–H groups in total. The Morgan fingerprint density at radius 3 is 2.28 bits per heavy atom. The van der Waals surface area contributed by atoms with Crippen molar-refractivity contribution in [1.82, 2.24) is 9.80 Å². The topological polar surface area (TPSA) is 47.6 Å². The van der Waals surface area contributed by atoms with Crippen molar-refractivity contribution >= 4 is 17.4 Å². The summed E-state index contributed by atoms with van der Waals surface area (Å²) in [7, 11) is 2.20. The van der Waals surface area contributed by atoms with Crippen molar-refractivity contribution in [3.8, 4) is 0 Å². The molecule has 5 heteroatoms. The van der Waals surface area contributed by atoms with Gasteiger partial charge in [-0.2, -0.15) is 0 Å². The lowest BCUT2D eigenvalue weighted by atomic mass is 9.98. The molecule has 1 aromatic carbocycles. The van der Waals surface area contributed by atoms with Crippen LogP contribution in [0, 0.1) is 0 Å². The number of anilines is 2. The third-order valence-electron chi connectivity index (χ3n) is 5.61. The third-order valence-corrected chi connectivity index (χ3v) is 5.61. The monoisotopic (exact) mass is 344 g/mol. The van der Waals surface area contributed by atoms with E-state index in [4.69, 9.17) is 0 Å². The average Bonchev–Trinajstić information content (AvgIpc) is 2.89. The minimum atomic E-state index is 0.0340. The van der Waals surface area contributed by atoms with E-state index >= 15 is 0 Å². The molecular formula is C20H32N4O. The predicted octanol–water partition coefficient (Wildman–Crippen LogP) is 3.99. The fraction of sp³-hybridized carbons (Fsp3) is 0.650. The molecule has 3 rings (SSSR count). The fourth-order valence-corrected chi connectivity index (χ4v) is 3.78. The normalized spacial score (nSPS) is 25.3. The number of amides is 2. The van der Waals surface area contributed by atoms with Gasteiger partial charge in [-0.05, 0) is 63.9 Å². The van der Waals surface area contributed by atoms with Crippen LogP contribution in [0.25, 0.3) is 0 Å². The Kier molecular flexibility index (Phi) is 6.19. The van der Waals surface area contributed by atoms with Crippen LogP contribution in [-0.4, -0.2) is 54.6 Å². The molecule has 2 heterocycles. The number of hydrogen-bond acceptors (Lipinski definition) is 3. The highest BCUT2D eigenvalue weighted by molar-refractivity contribution is 5.89. The Labute approximate surface area is 151 Å². The van der Waals surface area contributed by atoms with Crippen LogP contribution in [0.5, 0.6) is 0 Å². The Morgan fingerprint density at radius 1 is 1.00 bits per heavy atom. The minimum Gasteiger partial charge on any atom is -0.382 e. The SMILES string of the molecule is CC1CC(Nc2ccc(NC(=O)N3CCCCCC3)cc2)CCN1C. The largest absolute Gasteiger partial charge is 0.382 e. The zero-order valence-corrected chi connectivity index (χ0v) is 15.6. The van der Waals surface area contributed by atoms with Crippen molar-refractivity contribution < 1.29 is 4.79 Å². The second-order valence-corrected chi connectivity index (χ2v) is 7.60. The molecule has 2 unspecified atom stereocenters. The van der Waals surface area contributed by atoms with Crippen LogP contribution >= 0.6 is 0 Å². The van der Waals surface area contributed by atoms with Crippen molar-refractivity contribution in [1.29, 1.82) is 0 Å². The second-order valence-electron chi connectivity index (χ2n) is 7.60. The van der Waals surface area contributed by atoms with Crippen LogP contribution < -0.4 is 10.6 Å². The van der Waals surface area contributed by atoms with E-state index in [1.807, 2.05) is 17.0 Å². The number of likely N-dealkylation sites (tertiary alicyclic amines) is 2. The van der Waals surface area contributed by atoms with E-state index in [1.165, 1.54) is 25.7 Å². The van der Waals surface area contributed by atoms with Gasteiger partial charge in [-0.25, -0.2) is 4.79 Å². The number of carbonyl (C=O) groups is 1. The van der Waals surface area contributed by atoms with Crippen LogP contribution in [0.3, 0.4) is 0 Å². The van der Waals surface area contributed by atoms with Gasteiger partial charge in [-0.3, -0.25) is 0 Å². The van der Waals surface area contributed by atoms with Crippen LogP contribution in [0.15, 0.2) is 24.3 Å². The first kappa shape index (κ1) is 18.1. The second kappa shape index (κ2) is 8.56. The Bertz CT molecular complexity index is 551. The summed E-state index contributed by atoms with van der Waals surface area (Å²) in [5, 5.41) is 6.67. The van der Waals surface area contributed by atoms with Gasteiger partial charge in [0.15, 0.2) is 0 Å². The fourth-order valence-electron chi connectivity index (χ4n) is 3.78. The standard InChI is InChI=1S/C20H32N4O/c1-16-15-19(11-14-23(16)2)21-17-7-9-18(10-8-17)22-20(25)24-12-5-3-4-6-13-24/h7-10,16,19,21H,3-6,11-15H2,1-2H3,(H,22,25). The van der Waals surface area contributed by atoms with Crippen molar-refractivity contribution in [2.24, 2.45) is 0 Å². The number of hydrogen-bond donors (Lipinski definition) is 2. The van der Waals surface area contributed by atoms with Gasteiger partial charge in [0, 0.05) is 43.1 Å². The predicted molar refractivity (Wildman–Crippen MR) is 104 cm³/mol. The zero-order chi connectivity index (χ0) is 17.6. The average molecular weight is 345 g/mol. The molecular weight excluding hydrogens is 312 g/mol. The summed E-state index contributed by atoms with van der Waals surface area (Å²) in [6.07, 6.45) is 7.05. The zero-order valence-electron chi connectivity index (χ0n) is 15.6. The van der Waals surface area contributed by atoms with Crippen LogP contribution in [0.2, 0.25) is 0 Å². The Hall–Kier alpha value is -1.75. The summed E-state index contributed by atoms with van der Waals surface area (Å²) in [5.41, 5.74) is 2.01. The Morgan fingerprint density at radius 2 is 1.64 bits per heavy atom. The molecule has 1 aromatic rings. The summed E-state index contributed by atoms with van der Waals surface area (Å²) in [6, 6.07) is 9.32. The Balaban J connectivity index is 1.50. The smallest absolute Gasteiger partial charge is 0.321 e. The molecule has 0 bridgehead atoms. The maximum Gasteiger partial charge on any atom is 0.321 e. The molecule has 2 saturated heterocycles. The highest BCUT2D eigenvalue weighted by Gasteiger charge is 2.22. The van der Waals surface area contributed by atoms with Gasteiger partial charge in [0.2, 0.25) is 0 Å². The number of benzene rings is 1. The molecule has 5 nitrogen and oxygen atoms in total. The quantitative estimate of drug-likeness (QED) is 0.871. The van der Waals surface area contributed by atoms with Crippen molar-refractivity contribution in [3.63, 3.8) is 0 Å². The molecule has 2 aliphatic heterocycles. The number of nitrogens with one attached hydrogen (secondary N) is 2. The third kappa shape index (κ3) is 5.11. The first-order valence-electron chi connectivity index (χ1n) is 9.74. The van der Waals surface area contributed by atoms with E-state index in [0.717, 1.165) is 43.9 Å². The molecule has 2 atom stereocenters. The van der Waals surface area contributed by atoms with Crippen molar-refractivity contribution in [3.05, 3.63) is 24.3 Å². The number of urea groups is 1. The molecule has 0 aromatic heterocycles. The molecule has 138 valence electrons. The summed E-state index contributed by atoms with van der Waals surface area (Å²) in [4.78, 5) is 16.7. The van der Waals surface area contributed by atoms with Gasteiger partial charge < -0.3 is 20.4 Å². The molecule has 2 amide bonds. The van der Waals surface area contributed by atoms with Gasteiger partial charge in [0.1, 0.15) is 0 Å². The van der Waals surface area contributed by atoms with E-state index < -0.39 is 0 Å². The lowest BCUT2D eigenvalue weighted by Crippen LogP contribution is -2.42. The number of nitrogens with zero attached hydrogens (tertiary/aromatic N) is 2. The number of piperidine rings is 1. The van der Waals surface area contributed by atoms with Crippen molar-refractivity contribution in [2.45, 2.75) is 57.5 Å². The van der Waals surface area contributed by atoms with Gasteiger partial charge in [0.25, 0.3) is 0 Å². The van der Waals surface area contributed by atoms with Crippen LogP contribution in [0.4, 0.5) is 16.2 Å². The van der Waals surface area contributed by atoms with Crippen molar-refractivity contribution in [2.75, 3.05) is 37.3 Å². The van der Waals surface area contributed by atoms with Crippen LogP contribution in [0.1, 0.15) is 45.4 Å². The summed E-state index contributed by atoms with van der Waals surface area (Å²) in [6.45, 7) is 5.18. The molecule has 2 fully saturated rings. The molecule has 0 radical (unpaired) electrons. The maximum absolute atomic E-state index is 12.4. The van der Waals surface area contributed by atoms with Gasteiger partial charge >= 0.3 is 6.03 Å². The van der Waals surface area contributed by atoms with E-state index in [-0.39, 0.29) is 6.03 Å². The first-order valence-corrected chi connectivity index (χ1v) is 9.74. The maximum atomic E-state index is 12.4. The van der Waals surface area contributed by atoms with E-state index in [1.54, 1.807) is 0 Å². The lowest BCUT2D eigenvalue weighted by molar-refractivity contribution is 0.190. The molecule has 0 aliphatic carbocycles. The number of carbonyl (C=O) groups excluding carboxylic acids is 1. The van der Waals surface area contributed by atoms with Gasteiger partial charge in [-0.15, -0.1) is 0 Å². The lowest BCUT2D eigenvalue weighted by Gasteiger charge is -2.35. The molecule has 25 heavy (non-hydrogen) atoms. The molecule has 0 saturated carbocycles. The van der Waals surface area contributed by atoms with Gasteiger partial charge in [-0.1, -0.05) is 12.8 Å². The molecule has 0 spiro atoms. The molecule has 2 aliphatic rings. The highest BCUT2D eigenvalue weighted by atomic mass is 16.2.